The van der Waals surface area contributed by atoms with Crippen LogP contribution in [-0.4, -0.2) is 32.1 Å². The Bertz CT molecular complexity index is 367. The van der Waals surface area contributed by atoms with Crippen LogP contribution in [0.1, 0.15) is 18.9 Å². The van der Waals surface area contributed by atoms with E-state index in [0.29, 0.717) is 18.6 Å². The minimum absolute atomic E-state index is 0.188. The van der Waals surface area contributed by atoms with Gasteiger partial charge in [-0.3, -0.25) is 0 Å². The molecule has 2 nitrogen and oxygen atoms in total. The molecule has 1 rings (SSSR count). The molecule has 0 spiro atoms. The number of halogens is 2. The van der Waals surface area contributed by atoms with Crippen LogP contribution in [0.4, 0.5) is 8.78 Å². The molecule has 0 unspecified atom stereocenters. The van der Waals surface area contributed by atoms with Crippen LogP contribution in [0.15, 0.2) is 12.1 Å². The zero-order valence-corrected chi connectivity index (χ0v) is 10.6. The quantitative estimate of drug-likeness (QED) is 0.761. The van der Waals surface area contributed by atoms with Crippen LogP contribution in [0.25, 0.3) is 0 Å². The van der Waals surface area contributed by atoms with E-state index in [0.717, 1.165) is 19.0 Å². The van der Waals surface area contributed by atoms with Gasteiger partial charge in [0.05, 0.1) is 6.61 Å². The lowest BCUT2D eigenvalue weighted by Crippen LogP contribution is -2.14. The van der Waals surface area contributed by atoms with Gasteiger partial charge in [-0.05, 0) is 46.5 Å². The third kappa shape index (κ3) is 4.30. The molecule has 4 heteroatoms. The number of hydrogen-bond acceptors (Lipinski definition) is 2. The van der Waals surface area contributed by atoms with Gasteiger partial charge in [-0.25, -0.2) is 8.78 Å². The maximum Gasteiger partial charge on any atom is 0.168 e. The van der Waals surface area contributed by atoms with Gasteiger partial charge in [-0.1, -0.05) is 0 Å². The predicted octanol–water partition coefficient (Wildman–Crippen LogP) is 2.86. The Hall–Kier alpha value is -1.16. The van der Waals surface area contributed by atoms with Crippen molar-refractivity contribution in [2.45, 2.75) is 19.8 Å². The number of ether oxygens (including phenoxy) is 1. The number of nitrogens with zero attached hydrogens (tertiary/aromatic N) is 1. The molecule has 0 aromatic heterocycles. The average molecular weight is 243 g/mol. The third-order valence-electron chi connectivity index (χ3n) is 2.43. The highest BCUT2D eigenvalue weighted by molar-refractivity contribution is 5.35. The average Bonchev–Trinajstić information content (AvgIpc) is 2.22. The van der Waals surface area contributed by atoms with Gasteiger partial charge >= 0.3 is 0 Å². The first kappa shape index (κ1) is 13.9. The Kier molecular flexibility index (Phi) is 5.35. The van der Waals surface area contributed by atoms with Crippen molar-refractivity contribution in [2.75, 3.05) is 27.2 Å². The van der Waals surface area contributed by atoms with Crippen molar-refractivity contribution < 1.29 is 13.5 Å². The summed E-state index contributed by atoms with van der Waals surface area (Å²) in [6.07, 6.45) is 1.46. The lowest BCUT2D eigenvalue weighted by Gasteiger charge is -2.13. The van der Waals surface area contributed by atoms with Gasteiger partial charge in [0.15, 0.2) is 11.6 Å². The van der Waals surface area contributed by atoms with E-state index >= 15 is 0 Å². The highest BCUT2D eigenvalue weighted by atomic mass is 19.1. The largest absolute Gasteiger partial charge is 0.491 e. The first-order valence-electron chi connectivity index (χ1n) is 5.80. The van der Waals surface area contributed by atoms with Gasteiger partial charge < -0.3 is 9.64 Å². The van der Waals surface area contributed by atoms with Crippen LogP contribution in [-0.2, 0) is 6.42 Å². The SMILES string of the molecule is CCOc1c(F)cc(F)cc1CCCN(C)C. The zero-order valence-electron chi connectivity index (χ0n) is 10.6. The Morgan fingerprint density at radius 3 is 2.53 bits per heavy atom. The standard InChI is InChI=1S/C13H19F2NO/c1-4-17-13-10(6-5-7-16(2)3)8-11(14)9-12(13)15/h8-9H,4-7H2,1-3H3. The fourth-order valence-electron chi connectivity index (χ4n) is 1.69. The minimum Gasteiger partial charge on any atom is -0.491 e. The van der Waals surface area contributed by atoms with Crippen molar-refractivity contribution in [1.82, 2.24) is 4.90 Å². The first-order valence-corrected chi connectivity index (χ1v) is 5.80. The summed E-state index contributed by atoms with van der Waals surface area (Å²) in [4.78, 5) is 2.04. The van der Waals surface area contributed by atoms with Gasteiger partial charge in [-0.15, -0.1) is 0 Å². The zero-order chi connectivity index (χ0) is 12.8. The van der Waals surface area contributed by atoms with Crippen LogP contribution in [0.5, 0.6) is 5.75 Å². The van der Waals surface area contributed by atoms with Crippen molar-refractivity contribution >= 4 is 0 Å². The van der Waals surface area contributed by atoms with E-state index in [-0.39, 0.29) is 5.75 Å². The fourth-order valence-corrected chi connectivity index (χ4v) is 1.69. The molecule has 1 aromatic carbocycles. The second-order valence-corrected chi connectivity index (χ2v) is 4.22. The van der Waals surface area contributed by atoms with E-state index in [1.165, 1.54) is 6.07 Å². The molecule has 0 bridgehead atoms. The molecule has 96 valence electrons. The molecule has 0 aliphatic heterocycles. The first-order chi connectivity index (χ1) is 8.04. The summed E-state index contributed by atoms with van der Waals surface area (Å²) in [5.41, 5.74) is 0.603. The van der Waals surface area contributed by atoms with E-state index in [9.17, 15) is 8.78 Å². The number of aryl methyl sites for hydroxylation is 1. The van der Waals surface area contributed by atoms with Crippen molar-refractivity contribution in [2.24, 2.45) is 0 Å². The Morgan fingerprint density at radius 1 is 1.24 bits per heavy atom. The van der Waals surface area contributed by atoms with Crippen LogP contribution in [0.2, 0.25) is 0 Å². The molecule has 0 N–H and O–H groups in total. The summed E-state index contributed by atoms with van der Waals surface area (Å²) in [5, 5.41) is 0. The molecule has 1 aromatic rings. The third-order valence-corrected chi connectivity index (χ3v) is 2.43. The van der Waals surface area contributed by atoms with E-state index in [1.807, 2.05) is 19.0 Å². The number of hydrogen-bond donors (Lipinski definition) is 0. The second-order valence-electron chi connectivity index (χ2n) is 4.22. The van der Waals surface area contributed by atoms with Crippen molar-refractivity contribution in [3.8, 4) is 5.75 Å². The highest BCUT2D eigenvalue weighted by Gasteiger charge is 2.12. The van der Waals surface area contributed by atoms with Crippen LogP contribution in [0, 0.1) is 11.6 Å². The maximum absolute atomic E-state index is 13.5. The molecular formula is C13H19F2NO. The summed E-state index contributed by atoms with van der Waals surface area (Å²) < 4.78 is 31.9. The predicted molar refractivity (Wildman–Crippen MR) is 64.4 cm³/mol. The van der Waals surface area contributed by atoms with Crippen LogP contribution >= 0.6 is 0 Å². The Labute approximate surface area is 101 Å². The Morgan fingerprint density at radius 2 is 1.94 bits per heavy atom. The molecule has 0 atom stereocenters. The molecule has 0 fully saturated rings. The highest BCUT2D eigenvalue weighted by Crippen LogP contribution is 2.25. The maximum atomic E-state index is 13.5. The monoisotopic (exact) mass is 243 g/mol. The number of benzene rings is 1. The topological polar surface area (TPSA) is 12.5 Å². The van der Waals surface area contributed by atoms with Crippen LogP contribution < -0.4 is 4.74 Å². The van der Waals surface area contributed by atoms with Gasteiger partial charge in [0.1, 0.15) is 5.82 Å². The summed E-state index contributed by atoms with van der Waals surface area (Å²) in [7, 11) is 3.94. The van der Waals surface area contributed by atoms with E-state index < -0.39 is 11.6 Å². The van der Waals surface area contributed by atoms with E-state index in [2.05, 4.69) is 0 Å². The smallest absolute Gasteiger partial charge is 0.168 e. The minimum atomic E-state index is -0.619. The summed E-state index contributed by atoms with van der Waals surface area (Å²) in [6, 6.07) is 2.21. The molecule has 0 radical (unpaired) electrons. The normalized spacial score (nSPS) is 10.9. The number of rotatable bonds is 6. The van der Waals surface area contributed by atoms with Gasteiger partial charge in [0.2, 0.25) is 0 Å². The van der Waals surface area contributed by atoms with Crippen molar-refractivity contribution in [3.63, 3.8) is 0 Å². The van der Waals surface area contributed by atoms with Gasteiger partial charge in [0, 0.05) is 11.6 Å². The van der Waals surface area contributed by atoms with Gasteiger partial charge in [0.25, 0.3) is 0 Å². The summed E-state index contributed by atoms with van der Waals surface area (Å²) in [6.45, 7) is 3.04. The summed E-state index contributed by atoms with van der Waals surface area (Å²) >= 11 is 0. The van der Waals surface area contributed by atoms with Crippen molar-refractivity contribution in [3.05, 3.63) is 29.3 Å². The molecule has 0 heterocycles. The lowest BCUT2D eigenvalue weighted by atomic mass is 10.1. The van der Waals surface area contributed by atoms with Gasteiger partial charge in [-0.2, -0.15) is 0 Å². The Balaban J connectivity index is 2.80. The van der Waals surface area contributed by atoms with Crippen molar-refractivity contribution in [1.29, 1.82) is 0 Å². The second kappa shape index (κ2) is 6.55. The molecule has 0 saturated carbocycles. The molecule has 0 amide bonds. The van der Waals surface area contributed by atoms with E-state index in [1.54, 1.807) is 6.92 Å². The summed E-state index contributed by atoms with van der Waals surface area (Å²) in [5.74, 6) is -0.981. The fraction of sp³-hybridized carbons (Fsp3) is 0.538. The molecule has 0 aliphatic carbocycles. The van der Waals surface area contributed by atoms with Crippen LogP contribution in [0.3, 0.4) is 0 Å². The molecule has 0 saturated heterocycles. The molecule has 0 aliphatic rings. The van der Waals surface area contributed by atoms with E-state index in [4.69, 9.17) is 4.74 Å². The molecule has 17 heavy (non-hydrogen) atoms. The molecular weight excluding hydrogens is 224 g/mol. The lowest BCUT2D eigenvalue weighted by molar-refractivity contribution is 0.315.